The van der Waals surface area contributed by atoms with E-state index in [9.17, 15) is 10.1 Å². The van der Waals surface area contributed by atoms with Crippen molar-refractivity contribution in [3.8, 4) is 6.07 Å². The molecule has 0 saturated carbocycles. The van der Waals surface area contributed by atoms with Crippen molar-refractivity contribution < 1.29 is 4.74 Å². The zero-order valence-corrected chi connectivity index (χ0v) is 12.9. The molecule has 7 nitrogen and oxygen atoms in total. The van der Waals surface area contributed by atoms with Crippen LogP contribution in [0.5, 0.6) is 0 Å². The van der Waals surface area contributed by atoms with E-state index in [0.717, 1.165) is 12.0 Å². The normalized spacial score (nSPS) is 17.2. The highest BCUT2D eigenvalue weighted by molar-refractivity contribution is 5.73. The summed E-state index contributed by atoms with van der Waals surface area (Å²) in [6, 6.07) is 9.58. The fourth-order valence-corrected chi connectivity index (χ4v) is 3.01. The molecule has 1 atom stereocenters. The number of nitrogens with zero attached hydrogens (tertiary/aromatic N) is 4. The number of aromatic amines is 1. The zero-order valence-electron chi connectivity index (χ0n) is 12.9. The predicted molar refractivity (Wildman–Crippen MR) is 86.6 cm³/mol. The average molecular weight is 321 g/mol. The third-order valence-electron chi connectivity index (χ3n) is 4.26. The molecular formula is C17H15N5O2. The van der Waals surface area contributed by atoms with Crippen LogP contribution < -0.4 is 5.56 Å². The molecular weight excluding hydrogens is 306 g/mol. The zero-order chi connectivity index (χ0) is 16.5. The quantitative estimate of drug-likeness (QED) is 0.789. The van der Waals surface area contributed by atoms with Crippen molar-refractivity contribution in [2.24, 2.45) is 0 Å². The molecule has 1 aliphatic heterocycles. The first kappa shape index (κ1) is 14.6. The van der Waals surface area contributed by atoms with Gasteiger partial charge in [-0.3, -0.25) is 4.79 Å². The summed E-state index contributed by atoms with van der Waals surface area (Å²) in [6.07, 6.45) is 2.80. The maximum atomic E-state index is 12.3. The summed E-state index contributed by atoms with van der Waals surface area (Å²) < 4.78 is 7.18. The maximum absolute atomic E-state index is 12.3. The second-order valence-electron chi connectivity index (χ2n) is 5.80. The number of hydrogen-bond acceptors (Lipinski definition) is 5. The molecule has 4 rings (SSSR count). The molecule has 7 heteroatoms. The van der Waals surface area contributed by atoms with E-state index in [1.807, 2.05) is 18.2 Å². The lowest BCUT2D eigenvalue weighted by atomic mass is 10.1. The lowest BCUT2D eigenvalue weighted by Crippen LogP contribution is -2.16. The minimum absolute atomic E-state index is 0.107. The molecule has 1 aromatic carbocycles. The van der Waals surface area contributed by atoms with E-state index in [1.54, 1.807) is 16.9 Å². The summed E-state index contributed by atoms with van der Waals surface area (Å²) in [7, 11) is 0. The molecule has 24 heavy (non-hydrogen) atoms. The van der Waals surface area contributed by atoms with Gasteiger partial charge in [0.1, 0.15) is 11.2 Å². The molecule has 2 aromatic heterocycles. The van der Waals surface area contributed by atoms with Crippen molar-refractivity contribution in [2.45, 2.75) is 18.9 Å². The molecule has 120 valence electrons. The van der Waals surface area contributed by atoms with Crippen LogP contribution >= 0.6 is 0 Å². The molecule has 1 unspecified atom stereocenters. The molecule has 1 N–H and O–H groups in total. The molecule has 0 spiro atoms. The van der Waals surface area contributed by atoms with Gasteiger partial charge in [-0.1, -0.05) is 18.2 Å². The Morgan fingerprint density at radius 2 is 2.29 bits per heavy atom. The minimum Gasteiger partial charge on any atom is -0.379 e. The van der Waals surface area contributed by atoms with Gasteiger partial charge in [-0.2, -0.15) is 10.4 Å². The van der Waals surface area contributed by atoms with Gasteiger partial charge in [0, 0.05) is 13.0 Å². The van der Waals surface area contributed by atoms with Crippen molar-refractivity contribution >= 4 is 11.0 Å². The summed E-state index contributed by atoms with van der Waals surface area (Å²) in [5, 5.41) is 14.0. The fourth-order valence-electron chi connectivity index (χ4n) is 3.01. The summed E-state index contributed by atoms with van der Waals surface area (Å²) >= 11 is 0. The molecule has 0 radical (unpaired) electrons. The summed E-state index contributed by atoms with van der Waals surface area (Å²) in [4.78, 5) is 19.7. The molecule has 3 heterocycles. The lowest BCUT2D eigenvalue weighted by Gasteiger charge is -2.10. The Labute approximate surface area is 137 Å². The van der Waals surface area contributed by atoms with Crippen molar-refractivity contribution in [1.82, 2.24) is 19.7 Å². The molecule has 1 aliphatic rings. The molecule has 3 aromatic rings. The van der Waals surface area contributed by atoms with Gasteiger partial charge in [-0.25, -0.2) is 9.67 Å². The van der Waals surface area contributed by atoms with Gasteiger partial charge in [0.25, 0.3) is 5.56 Å². The van der Waals surface area contributed by atoms with E-state index in [2.05, 4.69) is 21.1 Å². The number of H-pyrrole nitrogens is 1. The Morgan fingerprint density at radius 3 is 3.08 bits per heavy atom. The number of rotatable bonds is 3. The van der Waals surface area contributed by atoms with Crippen molar-refractivity contribution in [3.63, 3.8) is 0 Å². The number of nitrogens with one attached hydrogen (secondary N) is 1. The predicted octanol–water partition coefficient (Wildman–Crippen LogP) is 1.54. The summed E-state index contributed by atoms with van der Waals surface area (Å²) in [6.45, 7) is 1.27. The van der Waals surface area contributed by atoms with Gasteiger partial charge in [-0.05, 0) is 18.1 Å². The first-order valence-electron chi connectivity index (χ1n) is 7.78. The first-order valence-corrected chi connectivity index (χ1v) is 7.78. The highest BCUT2D eigenvalue weighted by atomic mass is 16.5. The van der Waals surface area contributed by atoms with E-state index in [1.165, 1.54) is 0 Å². The van der Waals surface area contributed by atoms with Gasteiger partial charge in [-0.15, -0.1) is 0 Å². The fraction of sp³-hybridized carbons (Fsp3) is 0.294. The van der Waals surface area contributed by atoms with E-state index in [4.69, 9.17) is 4.74 Å². The number of aromatic nitrogens is 4. The Bertz CT molecular complexity index is 992. The Hall–Kier alpha value is -2.98. The van der Waals surface area contributed by atoms with E-state index in [0.29, 0.717) is 42.1 Å². The smallest absolute Gasteiger partial charge is 0.262 e. The number of ether oxygens (including phenoxy) is 1. The number of nitriles is 1. The Balaban J connectivity index is 1.78. The summed E-state index contributed by atoms with van der Waals surface area (Å²) in [5.74, 6) is 0.524. The first-order chi connectivity index (χ1) is 11.8. The molecule has 1 fully saturated rings. The number of fused-ring (bicyclic) bond motifs is 1. The van der Waals surface area contributed by atoms with Gasteiger partial charge < -0.3 is 9.72 Å². The van der Waals surface area contributed by atoms with Gasteiger partial charge in [0.15, 0.2) is 5.65 Å². The Kier molecular flexibility index (Phi) is 3.59. The highest BCUT2D eigenvalue weighted by Gasteiger charge is 2.22. The Morgan fingerprint density at radius 1 is 1.42 bits per heavy atom. The van der Waals surface area contributed by atoms with Gasteiger partial charge in [0.2, 0.25) is 0 Å². The highest BCUT2D eigenvalue weighted by Crippen LogP contribution is 2.21. The van der Waals surface area contributed by atoms with Crippen LogP contribution in [0.3, 0.4) is 0 Å². The van der Waals surface area contributed by atoms with Gasteiger partial charge in [0.05, 0.1) is 30.5 Å². The van der Waals surface area contributed by atoms with Crippen molar-refractivity contribution in [3.05, 3.63) is 57.8 Å². The van der Waals surface area contributed by atoms with Crippen LogP contribution in [-0.4, -0.2) is 33.0 Å². The van der Waals surface area contributed by atoms with E-state index >= 15 is 0 Å². The van der Waals surface area contributed by atoms with Crippen molar-refractivity contribution in [1.29, 1.82) is 5.26 Å². The molecule has 0 bridgehead atoms. The van der Waals surface area contributed by atoms with E-state index in [-0.39, 0.29) is 11.6 Å². The number of benzene rings is 1. The molecule has 0 aliphatic carbocycles. The van der Waals surface area contributed by atoms with Crippen LogP contribution in [0.25, 0.3) is 11.0 Å². The van der Waals surface area contributed by atoms with Crippen LogP contribution in [-0.2, 0) is 11.2 Å². The van der Waals surface area contributed by atoms with E-state index < -0.39 is 0 Å². The maximum Gasteiger partial charge on any atom is 0.262 e. The van der Waals surface area contributed by atoms with Crippen molar-refractivity contribution in [2.75, 3.05) is 13.2 Å². The standard InChI is InChI=1S/C17H15N5O2/c18-8-12-4-2-1-3-11(12)7-15-20-16-14(17(23)21-15)9-19-22(16)13-5-6-24-10-13/h1-4,9,13H,5-7,10H2,(H,20,21,23). The molecule has 0 amide bonds. The second kappa shape index (κ2) is 5.91. The van der Waals surface area contributed by atoms with Crippen LogP contribution in [0.4, 0.5) is 0 Å². The van der Waals surface area contributed by atoms with Crippen LogP contribution in [0, 0.1) is 11.3 Å². The van der Waals surface area contributed by atoms with Crippen LogP contribution in [0.1, 0.15) is 29.4 Å². The van der Waals surface area contributed by atoms with Crippen LogP contribution in [0.15, 0.2) is 35.3 Å². The lowest BCUT2D eigenvalue weighted by molar-refractivity contribution is 0.185. The van der Waals surface area contributed by atoms with Crippen LogP contribution in [0.2, 0.25) is 0 Å². The largest absolute Gasteiger partial charge is 0.379 e. The minimum atomic E-state index is -0.213. The monoisotopic (exact) mass is 321 g/mol. The third kappa shape index (κ3) is 2.47. The van der Waals surface area contributed by atoms with Gasteiger partial charge >= 0.3 is 0 Å². The number of hydrogen-bond donors (Lipinski definition) is 1. The average Bonchev–Trinajstić information content (AvgIpc) is 3.24. The SMILES string of the molecule is N#Cc1ccccc1Cc1nc2c(cnn2C2CCOC2)c(=O)[nH]1. The second-order valence-corrected chi connectivity index (χ2v) is 5.80. The molecule has 1 saturated heterocycles. The third-order valence-corrected chi connectivity index (χ3v) is 4.26. The topological polar surface area (TPSA) is 96.6 Å². The summed E-state index contributed by atoms with van der Waals surface area (Å²) in [5.41, 5.74) is 1.77.